The van der Waals surface area contributed by atoms with Crippen LogP contribution in [0.4, 0.5) is 0 Å². The summed E-state index contributed by atoms with van der Waals surface area (Å²) in [5.74, 6) is -0.817. The topological polar surface area (TPSA) is 69.6 Å². The first kappa shape index (κ1) is 13.1. The van der Waals surface area contributed by atoms with Crippen LogP contribution in [-0.2, 0) is 17.8 Å². The minimum Gasteiger partial charge on any atom is -0.481 e. The molecular formula is C14H19NO3. The number of benzene rings is 1. The van der Waals surface area contributed by atoms with Gasteiger partial charge in [0.2, 0.25) is 0 Å². The molecule has 0 radical (unpaired) electrons. The molecule has 98 valence electrons. The Labute approximate surface area is 107 Å². The van der Waals surface area contributed by atoms with E-state index in [9.17, 15) is 9.90 Å². The molecule has 0 amide bonds. The van der Waals surface area contributed by atoms with E-state index in [4.69, 9.17) is 5.11 Å². The number of nitrogens with one attached hydrogen (secondary N) is 1. The van der Waals surface area contributed by atoms with Gasteiger partial charge in [0.25, 0.3) is 0 Å². The second-order valence-electron chi connectivity index (χ2n) is 4.98. The standard InChI is InChI=1S/C14H19NO3/c16-10-14(6-3-7-14)15-9-12-5-2-1-4-11(12)8-13(17)18/h1-2,4-5,15-16H,3,6-10H2,(H,17,18). The molecule has 1 aliphatic rings. The Morgan fingerprint density at radius 3 is 2.44 bits per heavy atom. The average Bonchev–Trinajstić information content (AvgIpc) is 2.29. The molecule has 0 aromatic heterocycles. The van der Waals surface area contributed by atoms with E-state index >= 15 is 0 Å². The fourth-order valence-electron chi connectivity index (χ4n) is 2.34. The van der Waals surface area contributed by atoms with E-state index < -0.39 is 5.97 Å². The lowest BCUT2D eigenvalue weighted by Crippen LogP contribution is -2.53. The lowest BCUT2D eigenvalue weighted by Gasteiger charge is -2.41. The van der Waals surface area contributed by atoms with Crippen molar-refractivity contribution >= 4 is 5.97 Å². The molecule has 1 saturated carbocycles. The summed E-state index contributed by atoms with van der Waals surface area (Å²) in [7, 11) is 0. The van der Waals surface area contributed by atoms with Crippen molar-refractivity contribution in [2.45, 2.75) is 37.8 Å². The fourth-order valence-corrected chi connectivity index (χ4v) is 2.34. The van der Waals surface area contributed by atoms with Gasteiger partial charge in [0.15, 0.2) is 0 Å². The zero-order valence-electron chi connectivity index (χ0n) is 10.4. The molecule has 18 heavy (non-hydrogen) atoms. The summed E-state index contributed by atoms with van der Waals surface area (Å²) in [6.45, 7) is 0.762. The van der Waals surface area contributed by atoms with Crippen molar-refractivity contribution in [2.24, 2.45) is 0 Å². The predicted molar refractivity (Wildman–Crippen MR) is 68.3 cm³/mol. The van der Waals surface area contributed by atoms with Crippen LogP contribution >= 0.6 is 0 Å². The van der Waals surface area contributed by atoms with Crippen LogP contribution in [0.2, 0.25) is 0 Å². The summed E-state index contributed by atoms with van der Waals surface area (Å²) >= 11 is 0. The number of carbonyl (C=O) groups is 1. The minimum atomic E-state index is -0.817. The molecule has 2 rings (SSSR count). The third-order valence-corrected chi connectivity index (χ3v) is 3.73. The Morgan fingerprint density at radius 2 is 1.94 bits per heavy atom. The van der Waals surface area contributed by atoms with Crippen molar-refractivity contribution in [1.82, 2.24) is 5.32 Å². The van der Waals surface area contributed by atoms with Crippen LogP contribution in [0.3, 0.4) is 0 Å². The first-order valence-electron chi connectivity index (χ1n) is 6.30. The molecule has 0 saturated heterocycles. The SMILES string of the molecule is O=C(O)Cc1ccccc1CNC1(CO)CCC1. The normalized spacial score (nSPS) is 17.2. The van der Waals surface area contributed by atoms with Crippen molar-refractivity contribution < 1.29 is 15.0 Å². The van der Waals surface area contributed by atoms with Crippen molar-refractivity contribution in [2.75, 3.05) is 6.61 Å². The van der Waals surface area contributed by atoms with Crippen LogP contribution in [0.1, 0.15) is 30.4 Å². The Morgan fingerprint density at radius 1 is 1.28 bits per heavy atom. The molecule has 0 bridgehead atoms. The molecule has 0 unspecified atom stereocenters. The maximum absolute atomic E-state index is 10.8. The monoisotopic (exact) mass is 249 g/mol. The number of carboxylic acid groups (broad SMARTS) is 1. The second kappa shape index (κ2) is 5.50. The summed E-state index contributed by atoms with van der Waals surface area (Å²) in [6.07, 6.45) is 3.17. The van der Waals surface area contributed by atoms with E-state index in [2.05, 4.69) is 5.32 Å². The van der Waals surface area contributed by atoms with Crippen LogP contribution in [0, 0.1) is 0 Å². The van der Waals surface area contributed by atoms with Crippen molar-refractivity contribution in [3.8, 4) is 0 Å². The third-order valence-electron chi connectivity index (χ3n) is 3.73. The van der Waals surface area contributed by atoms with Gasteiger partial charge in [0.1, 0.15) is 0 Å². The second-order valence-corrected chi connectivity index (χ2v) is 4.98. The maximum atomic E-state index is 10.8. The van der Waals surface area contributed by atoms with Crippen LogP contribution < -0.4 is 5.32 Å². The van der Waals surface area contributed by atoms with E-state index in [1.54, 1.807) is 0 Å². The summed E-state index contributed by atoms with van der Waals surface area (Å²) < 4.78 is 0. The number of hydrogen-bond acceptors (Lipinski definition) is 3. The quantitative estimate of drug-likeness (QED) is 0.711. The smallest absolute Gasteiger partial charge is 0.307 e. The molecule has 1 fully saturated rings. The van der Waals surface area contributed by atoms with Gasteiger partial charge in [0.05, 0.1) is 13.0 Å². The van der Waals surface area contributed by atoms with Crippen LogP contribution in [0.25, 0.3) is 0 Å². The fraction of sp³-hybridized carbons (Fsp3) is 0.500. The van der Waals surface area contributed by atoms with Gasteiger partial charge < -0.3 is 15.5 Å². The van der Waals surface area contributed by atoms with Crippen LogP contribution in [-0.4, -0.2) is 28.3 Å². The first-order valence-corrected chi connectivity index (χ1v) is 6.30. The van der Waals surface area contributed by atoms with Gasteiger partial charge in [-0.25, -0.2) is 0 Å². The van der Waals surface area contributed by atoms with Gasteiger partial charge in [-0.3, -0.25) is 4.79 Å². The maximum Gasteiger partial charge on any atom is 0.307 e. The van der Waals surface area contributed by atoms with Crippen LogP contribution in [0.5, 0.6) is 0 Å². The predicted octanol–water partition coefficient (Wildman–Crippen LogP) is 1.32. The van der Waals surface area contributed by atoms with Gasteiger partial charge >= 0.3 is 5.97 Å². The van der Waals surface area contributed by atoms with Crippen molar-refractivity contribution in [1.29, 1.82) is 0 Å². The minimum absolute atomic E-state index is 0.0456. The van der Waals surface area contributed by atoms with Crippen molar-refractivity contribution in [3.05, 3.63) is 35.4 Å². The summed E-state index contributed by atoms with van der Waals surface area (Å²) in [6, 6.07) is 7.55. The Bertz CT molecular complexity index is 421. The lowest BCUT2D eigenvalue weighted by molar-refractivity contribution is -0.136. The number of aliphatic hydroxyl groups is 1. The van der Waals surface area contributed by atoms with Gasteiger partial charge in [-0.1, -0.05) is 24.3 Å². The molecule has 0 aliphatic heterocycles. The molecule has 4 nitrogen and oxygen atoms in total. The number of aliphatic carboxylic acids is 1. The van der Waals surface area contributed by atoms with E-state index in [1.807, 2.05) is 24.3 Å². The van der Waals surface area contributed by atoms with E-state index in [0.29, 0.717) is 6.54 Å². The zero-order valence-corrected chi connectivity index (χ0v) is 10.4. The van der Waals surface area contributed by atoms with Gasteiger partial charge in [-0.05, 0) is 30.4 Å². The molecule has 1 aromatic rings. The molecular weight excluding hydrogens is 230 g/mol. The van der Waals surface area contributed by atoms with E-state index in [0.717, 1.165) is 30.4 Å². The number of rotatable bonds is 6. The Hall–Kier alpha value is -1.39. The summed E-state index contributed by atoms with van der Waals surface area (Å²) in [4.78, 5) is 10.8. The first-order chi connectivity index (χ1) is 8.65. The molecule has 3 N–H and O–H groups in total. The highest BCUT2D eigenvalue weighted by Gasteiger charge is 2.35. The zero-order chi connectivity index (χ0) is 13.0. The van der Waals surface area contributed by atoms with E-state index in [1.165, 1.54) is 0 Å². The highest BCUT2D eigenvalue weighted by atomic mass is 16.4. The van der Waals surface area contributed by atoms with Gasteiger partial charge in [-0.15, -0.1) is 0 Å². The molecule has 0 spiro atoms. The van der Waals surface area contributed by atoms with Gasteiger partial charge in [0, 0.05) is 12.1 Å². The third kappa shape index (κ3) is 2.89. The Balaban J connectivity index is 2.02. The summed E-state index contributed by atoms with van der Waals surface area (Å²) in [5.41, 5.74) is 1.70. The molecule has 0 atom stereocenters. The average molecular weight is 249 g/mol. The highest BCUT2D eigenvalue weighted by molar-refractivity contribution is 5.70. The molecule has 0 heterocycles. The van der Waals surface area contributed by atoms with E-state index in [-0.39, 0.29) is 18.6 Å². The molecule has 1 aromatic carbocycles. The molecule has 4 heteroatoms. The summed E-state index contributed by atoms with van der Waals surface area (Å²) in [5, 5.41) is 21.6. The number of carboxylic acids is 1. The van der Waals surface area contributed by atoms with Crippen molar-refractivity contribution in [3.63, 3.8) is 0 Å². The Kier molecular flexibility index (Phi) is 3.99. The van der Waals surface area contributed by atoms with Crippen LogP contribution in [0.15, 0.2) is 24.3 Å². The number of hydrogen-bond donors (Lipinski definition) is 3. The molecule has 1 aliphatic carbocycles. The van der Waals surface area contributed by atoms with Gasteiger partial charge in [-0.2, -0.15) is 0 Å². The highest BCUT2D eigenvalue weighted by Crippen LogP contribution is 2.31. The number of aliphatic hydroxyl groups excluding tert-OH is 1. The lowest BCUT2D eigenvalue weighted by atomic mass is 9.77. The largest absolute Gasteiger partial charge is 0.481 e.